The van der Waals surface area contributed by atoms with Crippen molar-refractivity contribution in [2.75, 3.05) is 6.54 Å². The highest BCUT2D eigenvalue weighted by Gasteiger charge is 2.01. The minimum Gasteiger partial charge on any atom is -0.331 e. The SMILES string of the molecule is Clc1cnc(CNCCCn2cnc3ccccc32)s1. The van der Waals surface area contributed by atoms with E-state index in [4.69, 9.17) is 11.6 Å². The van der Waals surface area contributed by atoms with Gasteiger partial charge in [-0.1, -0.05) is 23.7 Å². The van der Waals surface area contributed by atoms with E-state index in [-0.39, 0.29) is 0 Å². The fourth-order valence-corrected chi connectivity index (χ4v) is 3.05. The predicted octanol–water partition coefficient (Wildman–Crippen LogP) is 3.33. The van der Waals surface area contributed by atoms with E-state index in [9.17, 15) is 0 Å². The van der Waals surface area contributed by atoms with E-state index >= 15 is 0 Å². The minimum absolute atomic E-state index is 0.742. The van der Waals surface area contributed by atoms with E-state index in [1.165, 1.54) is 16.9 Å². The second-order valence-electron chi connectivity index (χ2n) is 4.52. The van der Waals surface area contributed by atoms with Crippen molar-refractivity contribution in [3.05, 3.63) is 46.1 Å². The van der Waals surface area contributed by atoms with Gasteiger partial charge in [-0.15, -0.1) is 11.3 Å². The molecule has 0 spiro atoms. The van der Waals surface area contributed by atoms with Crippen LogP contribution in [0.2, 0.25) is 4.34 Å². The average molecular weight is 307 g/mol. The molecule has 0 saturated carbocycles. The number of rotatable bonds is 6. The number of hydrogen-bond donors (Lipinski definition) is 1. The Labute approximate surface area is 126 Å². The van der Waals surface area contributed by atoms with Crippen LogP contribution in [0.1, 0.15) is 11.4 Å². The summed E-state index contributed by atoms with van der Waals surface area (Å²) >= 11 is 7.36. The maximum absolute atomic E-state index is 5.84. The van der Waals surface area contributed by atoms with Crippen LogP contribution >= 0.6 is 22.9 Å². The molecule has 0 aliphatic carbocycles. The summed E-state index contributed by atoms with van der Waals surface area (Å²) in [6, 6.07) is 8.20. The lowest BCUT2D eigenvalue weighted by molar-refractivity contribution is 0.588. The zero-order valence-corrected chi connectivity index (χ0v) is 12.5. The number of nitrogens with zero attached hydrogens (tertiary/aromatic N) is 3. The van der Waals surface area contributed by atoms with E-state index in [1.54, 1.807) is 6.20 Å². The van der Waals surface area contributed by atoms with Crippen molar-refractivity contribution in [1.29, 1.82) is 0 Å². The zero-order chi connectivity index (χ0) is 13.8. The topological polar surface area (TPSA) is 42.7 Å². The Hall–Kier alpha value is -1.43. The highest BCUT2D eigenvalue weighted by Crippen LogP contribution is 2.17. The number of aryl methyl sites for hydroxylation is 1. The third-order valence-electron chi connectivity index (χ3n) is 3.08. The molecule has 0 bridgehead atoms. The third kappa shape index (κ3) is 3.17. The molecular formula is C14H15ClN4S. The number of halogens is 1. The molecule has 104 valence electrons. The first-order chi connectivity index (χ1) is 9.83. The molecular weight excluding hydrogens is 292 g/mol. The lowest BCUT2D eigenvalue weighted by Gasteiger charge is -2.05. The molecule has 0 aliphatic rings. The van der Waals surface area contributed by atoms with E-state index in [0.29, 0.717) is 0 Å². The molecule has 3 rings (SSSR count). The van der Waals surface area contributed by atoms with Crippen LogP contribution in [0.3, 0.4) is 0 Å². The molecule has 2 heterocycles. The molecule has 0 saturated heterocycles. The van der Waals surface area contributed by atoms with Crippen LogP contribution < -0.4 is 5.32 Å². The summed E-state index contributed by atoms with van der Waals surface area (Å²) in [5.74, 6) is 0. The number of thiazole rings is 1. The monoisotopic (exact) mass is 306 g/mol. The predicted molar refractivity (Wildman–Crippen MR) is 83.2 cm³/mol. The Balaban J connectivity index is 1.46. The summed E-state index contributed by atoms with van der Waals surface area (Å²) in [5.41, 5.74) is 2.25. The summed E-state index contributed by atoms with van der Waals surface area (Å²) in [4.78, 5) is 8.60. The fourth-order valence-electron chi connectivity index (χ4n) is 2.13. The van der Waals surface area contributed by atoms with Gasteiger partial charge in [-0.2, -0.15) is 0 Å². The Morgan fingerprint density at radius 2 is 2.15 bits per heavy atom. The highest BCUT2D eigenvalue weighted by molar-refractivity contribution is 7.15. The molecule has 0 radical (unpaired) electrons. The summed E-state index contributed by atoms with van der Waals surface area (Å²) in [6.45, 7) is 2.69. The van der Waals surface area contributed by atoms with Crippen LogP contribution in [0.25, 0.3) is 11.0 Å². The lowest BCUT2D eigenvalue weighted by atomic mass is 10.3. The van der Waals surface area contributed by atoms with Crippen LogP contribution in [0.4, 0.5) is 0 Å². The first-order valence-electron chi connectivity index (χ1n) is 6.54. The van der Waals surface area contributed by atoms with E-state index in [0.717, 1.165) is 40.9 Å². The van der Waals surface area contributed by atoms with Gasteiger partial charge in [0.25, 0.3) is 0 Å². The van der Waals surface area contributed by atoms with Gasteiger partial charge in [-0.3, -0.25) is 0 Å². The molecule has 0 amide bonds. The van der Waals surface area contributed by atoms with Gasteiger partial charge in [0.2, 0.25) is 0 Å². The summed E-state index contributed by atoms with van der Waals surface area (Å²) in [7, 11) is 0. The Bertz CT molecular complexity index is 691. The summed E-state index contributed by atoms with van der Waals surface area (Å²) in [6.07, 6.45) is 4.66. The van der Waals surface area contributed by atoms with Gasteiger partial charge in [0.1, 0.15) is 9.34 Å². The molecule has 0 aliphatic heterocycles. The van der Waals surface area contributed by atoms with Crippen LogP contribution in [0.15, 0.2) is 36.8 Å². The summed E-state index contributed by atoms with van der Waals surface area (Å²) < 4.78 is 2.93. The van der Waals surface area contributed by atoms with Crippen molar-refractivity contribution in [3.8, 4) is 0 Å². The maximum Gasteiger partial charge on any atom is 0.113 e. The molecule has 2 aromatic heterocycles. The number of aromatic nitrogens is 3. The number of hydrogen-bond acceptors (Lipinski definition) is 4. The van der Waals surface area contributed by atoms with Crippen LogP contribution in [0, 0.1) is 0 Å². The van der Waals surface area contributed by atoms with Crippen molar-refractivity contribution < 1.29 is 0 Å². The van der Waals surface area contributed by atoms with Crippen molar-refractivity contribution >= 4 is 34.0 Å². The van der Waals surface area contributed by atoms with Crippen molar-refractivity contribution in [2.45, 2.75) is 19.5 Å². The Morgan fingerprint density at radius 3 is 3.00 bits per heavy atom. The van der Waals surface area contributed by atoms with Gasteiger partial charge in [-0.05, 0) is 25.1 Å². The lowest BCUT2D eigenvalue weighted by Crippen LogP contribution is -2.16. The average Bonchev–Trinajstić information content (AvgIpc) is 3.05. The normalized spacial score (nSPS) is 11.2. The van der Waals surface area contributed by atoms with Gasteiger partial charge in [0.15, 0.2) is 0 Å². The standard InChI is InChI=1S/C14H15ClN4S/c15-13-8-17-14(20-13)9-16-6-3-7-19-10-18-11-4-1-2-5-12(11)19/h1-2,4-5,8,10,16H,3,6-7,9H2. The highest BCUT2D eigenvalue weighted by atomic mass is 35.5. The van der Waals surface area contributed by atoms with Crippen LogP contribution in [-0.2, 0) is 13.1 Å². The molecule has 4 nitrogen and oxygen atoms in total. The molecule has 1 N–H and O–H groups in total. The van der Waals surface area contributed by atoms with Crippen LogP contribution in [0.5, 0.6) is 0 Å². The molecule has 0 atom stereocenters. The smallest absolute Gasteiger partial charge is 0.113 e. The molecule has 20 heavy (non-hydrogen) atoms. The second-order valence-corrected chi connectivity index (χ2v) is 6.26. The zero-order valence-electron chi connectivity index (χ0n) is 10.9. The van der Waals surface area contributed by atoms with E-state index in [2.05, 4.69) is 25.9 Å². The minimum atomic E-state index is 0.742. The number of benzene rings is 1. The molecule has 6 heteroatoms. The van der Waals surface area contributed by atoms with Gasteiger partial charge in [0.05, 0.1) is 23.6 Å². The summed E-state index contributed by atoms with van der Waals surface area (Å²) in [5, 5.41) is 4.41. The largest absolute Gasteiger partial charge is 0.331 e. The molecule has 0 unspecified atom stereocenters. The van der Waals surface area contributed by atoms with Gasteiger partial charge < -0.3 is 9.88 Å². The number of imidazole rings is 1. The van der Waals surface area contributed by atoms with Crippen molar-refractivity contribution in [1.82, 2.24) is 19.9 Å². The third-order valence-corrected chi connectivity index (χ3v) is 4.20. The number of nitrogens with one attached hydrogen (secondary N) is 1. The molecule has 3 aromatic rings. The maximum atomic E-state index is 5.84. The molecule has 0 fully saturated rings. The number of fused-ring (bicyclic) bond motifs is 1. The quantitative estimate of drug-likeness (QED) is 0.710. The number of para-hydroxylation sites is 2. The van der Waals surface area contributed by atoms with E-state index < -0.39 is 0 Å². The van der Waals surface area contributed by atoms with Gasteiger partial charge in [0, 0.05) is 13.1 Å². The second kappa shape index (κ2) is 6.35. The Morgan fingerprint density at radius 1 is 1.25 bits per heavy atom. The van der Waals surface area contributed by atoms with Crippen molar-refractivity contribution in [2.24, 2.45) is 0 Å². The fraction of sp³-hybridized carbons (Fsp3) is 0.286. The molecule has 1 aromatic carbocycles. The van der Waals surface area contributed by atoms with Gasteiger partial charge in [-0.25, -0.2) is 9.97 Å². The van der Waals surface area contributed by atoms with Crippen molar-refractivity contribution in [3.63, 3.8) is 0 Å². The van der Waals surface area contributed by atoms with Gasteiger partial charge >= 0.3 is 0 Å². The Kier molecular flexibility index (Phi) is 4.30. The first kappa shape index (κ1) is 13.5. The first-order valence-corrected chi connectivity index (χ1v) is 7.73. The van der Waals surface area contributed by atoms with Crippen LogP contribution in [-0.4, -0.2) is 21.1 Å². The van der Waals surface area contributed by atoms with E-state index in [1.807, 2.05) is 24.5 Å².